The van der Waals surface area contributed by atoms with Crippen molar-refractivity contribution in [3.05, 3.63) is 0 Å². The van der Waals surface area contributed by atoms with Gasteiger partial charge in [0.1, 0.15) is 0 Å². The van der Waals surface area contributed by atoms with E-state index < -0.39 is 0 Å². The van der Waals surface area contributed by atoms with Crippen LogP contribution in [0.3, 0.4) is 0 Å². The van der Waals surface area contributed by atoms with Gasteiger partial charge in [-0.05, 0) is 19.3 Å². The van der Waals surface area contributed by atoms with Crippen LogP contribution in [0.25, 0.3) is 0 Å². The Balaban J connectivity index is 2.06. The summed E-state index contributed by atoms with van der Waals surface area (Å²) in [6.45, 7) is 0. The lowest BCUT2D eigenvalue weighted by atomic mass is 9.76. The first kappa shape index (κ1) is 4.36. The molecule has 0 aromatic heterocycles. The third kappa shape index (κ3) is 0.403. The highest BCUT2D eigenvalue weighted by atomic mass is 15.4. The minimum Gasteiger partial charge on any atom is -0.304 e. The van der Waals surface area contributed by atoms with Gasteiger partial charge in [0.25, 0.3) is 0 Å². The molecule has 1 saturated carbocycles. The predicted molar refractivity (Wildman–Crippen MR) is 32.8 cm³/mol. The van der Waals surface area contributed by atoms with Gasteiger partial charge in [-0.15, -0.1) is 0 Å². The van der Waals surface area contributed by atoms with Gasteiger partial charge in [0.05, 0.1) is 5.54 Å². The average molecular weight is 110 g/mol. The zero-order valence-electron chi connectivity index (χ0n) is 4.85. The van der Waals surface area contributed by atoms with Crippen LogP contribution < -0.4 is 5.43 Å². The van der Waals surface area contributed by atoms with Crippen molar-refractivity contribution < 1.29 is 0 Å². The molecule has 1 aliphatic carbocycles. The Labute approximate surface area is 49.0 Å². The number of nitrogens with zero attached hydrogens (tertiary/aromatic N) is 1. The van der Waals surface area contributed by atoms with Crippen LogP contribution >= 0.6 is 0 Å². The number of nitrogens with one attached hydrogen (secondary N) is 1. The van der Waals surface area contributed by atoms with Crippen LogP contribution in [-0.2, 0) is 0 Å². The Bertz CT molecular complexity index is 114. The molecule has 1 spiro atoms. The van der Waals surface area contributed by atoms with Gasteiger partial charge in [0.2, 0.25) is 0 Å². The van der Waals surface area contributed by atoms with Crippen LogP contribution in [0.4, 0.5) is 0 Å². The molecule has 1 fully saturated rings. The summed E-state index contributed by atoms with van der Waals surface area (Å²) in [6.07, 6.45) is 7.18. The van der Waals surface area contributed by atoms with Crippen LogP contribution in [0.2, 0.25) is 0 Å². The summed E-state index contributed by atoms with van der Waals surface area (Å²) >= 11 is 0. The molecule has 0 saturated heterocycles. The van der Waals surface area contributed by atoms with E-state index in [4.69, 9.17) is 0 Å². The summed E-state index contributed by atoms with van der Waals surface area (Å²) in [5.74, 6) is 0. The Kier molecular flexibility index (Phi) is 0.678. The van der Waals surface area contributed by atoms with Crippen molar-refractivity contribution in [2.75, 3.05) is 0 Å². The summed E-state index contributed by atoms with van der Waals surface area (Å²) < 4.78 is 0. The molecule has 44 valence electrons. The normalized spacial score (nSPS) is 30.0. The van der Waals surface area contributed by atoms with E-state index in [1.807, 2.05) is 6.21 Å². The first-order valence-electron chi connectivity index (χ1n) is 3.20. The van der Waals surface area contributed by atoms with E-state index in [-0.39, 0.29) is 0 Å². The molecule has 1 N–H and O–H groups in total. The summed E-state index contributed by atoms with van der Waals surface area (Å²) in [4.78, 5) is 0. The molecule has 0 radical (unpaired) electrons. The van der Waals surface area contributed by atoms with Gasteiger partial charge in [-0.25, -0.2) is 0 Å². The fourth-order valence-corrected chi connectivity index (χ4v) is 1.37. The first-order chi connectivity index (χ1) is 3.91. The van der Waals surface area contributed by atoms with Crippen molar-refractivity contribution in [2.45, 2.75) is 31.2 Å². The third-order valence-electron chi connectivity index (χ3n) is 2.19. The molecule has 0 bridgehead atoms. The number of rotatable bonds is 0. The quantitative estimate of drug-likeness (QED) is 0.492. The topological polar surface area (TPSA) is 24.4 Å². The van der Waals surface area contributed by atoms with Crippen molar-refractivity contribution in [2.24, 2.45) is 5.10 Å². The maximum Gasteiger partial charge on any atom is 0.0598 e. The van der Waals surface area contributed by atoms with Crippen molar-refractivity contribution in [3.8, 4) is 0 Å². The van der Waals surface area contributed by atoms with Crippen LogP contribution in [0.15, 0.2) is 5.10 Å². The smallest absolute Gasteiger partial charge is 0.0598 e. The van der Waals surface area contributed by atoms with E-state index in [1.54, 1.807) is 0 Å². The van der Waals surface area contributed by atoms with Crippen LogP contribution in [0.5, 0.6) is 0 Å². The van der Waals surface area contributed by atoms with Crippen LogP contribution in [0.1, 0.15) is 25.7 Å². The van der Waals surface area contributed by atoms with Gasteiger partial charge in [-0.3, -0.25) is 0 Å². The second-order valence-electron chi connectivity index (χ2n) is 2.76. The average Bonchev–Trinajstić information content (AvgIpc) is 2.07. The predicted octanol–water partition coefficient (Wildman–Crippen LogP) is 0.888. The summed E-state index contributed by atoms with van der Waals surface area (Å²) in [6, 6.07) is 0. The van der Waals surface area contributed by atoms with E-state index in [1.165, 1.54) is 19.3 Å². The standard InChI is InChI=1S/C6H10N2/c1-2-6(3-1)4-5-7-8-6/h5,8H,1-4H2. The highest BCUT2D eigenvalue weighted by Gasteiger charge is 2.37. The molecule has 0 unspecified atom stereocenters. The molecule has 2 nitrogen and oxygen atoms in total. The highest BCUT2D eigenvalue weighted by Crippen LogP contribution is 2.35. The lowest BCUT2D eigenvalue weighted by Gasteiger charge is -2.37. The zero-order valence-corrected chi connectivity index (χ0v) is 4.85. The molecule has 0 aromatic carbocycles. The summed E-state index contributed by atoms with van der Waals surface area (Å²) in [5, 5.41) is 3.98. The second-order valence-corrected chi connectivity index (χ2v) is 2.76. The van der Waals surface area contributed by atoms with Gasteiger partial charge < -0.3 is 5.43 Å². The monoisotopic (exact) mass is 110 g/mol. The van der Waals surface area contributed by atoms with Crippen LogP contribution in [-0.4, -0.2) is 11.8 Å². The fraction of sp³-hybridized carbons (Fsp3) is 0.833. The van der Waals surface area contributed by atoms with E-state index in [0.29, 0.717) is 5.54 Å². The highest BCUT2D eigenvalue weighted by molar-refractivity contribution is 5.61. The molecule has 1 aliphatic heterocycles. The second kappa shape index (κ2) is 1.24. The number of hydrazone groups is 1. The molecule has 8 heavy (non-hydrogen) atoms. The van der Waals surface area contributed by atoms with Crippen molar-refractivity contribution >= 4 is 6.21 Å². The molecule has 2 aliphatic rings. The third-order valence-corrected chi connectivity index (χ3v) is 2.19. The molecule has 0 amide bonds. The van der Waals surface area contributed by atoms with Gasteiger partial charge in [0, 0.05) is 12.6 Å². The van der Waals surface area contributed by atoms with Crippen molar-refractivity contribution in [1.29, 1.82) is 0 Å². The molecular formula is C6H10N2. The minimum absolute atomic E-state index is 0.444. The molecule has 2 heteroatoms. The lowest BCUT2D eigenvalue weighted by Crippen LogP contribution is -2.45. The lowest BCUT2D eigenvalue weighted by molar-refractivity contribution is 0.213. The van der Waals surface area contributed by atoms with Gasteiger partial charge in [0.15, 0.2) is 0 Å². The Morgan fingerprint density at radius 3 is 2.62 bits per heavy atom. The first-order valence-corrected chi connectivity index (χ1v) is 3.20. The SMILES string of the molecule is C1=NNC2(C1)CCC2. The molecule has 0 atom stereocenters. The number of hydrogen-bond donors (Lipinski definition) is 1. The Morgan fingerprint density at radius 1 is 1.50 bits per heavy atom. The maximum atomic E-state index is 3.98. The summed E-state index contributed by atoms with van der Waals surface area (Å²) in [5.41, 5.74) is 3.58. The molecular weight excluding hydrogens is 100 g/mol. The van der Waals surface area contributed by atoms with Crippen molar-refractivity contribution in [1.82, 2.24) is 5.43 Å². The zero-order chi connectivity index (χ0) is 5.45. The van der Waals surface area contributed by atoms with Gasteiger partial charge in [-0.2, -0.15) is 5.10 Å². The number of hydrogen-bond acceptors (Lipinski definition) is 2. The molecule has 2 rings (SSSR count). The van der Waals surface area contributed by atoms with Crippen molar-refractivity contribution in [3.63, 3.8) is 0 Å². The van der Waals surface area contributed by atoms with Crippen LogP contribution in [0, 0.1) is 0 Å². The van der Waals surface area contributed by atoms with Gasteiger partial charge >= 0.3 is 0 Å². The van der Waals surface area contributed by atoms with Gasteiger partial charge in [-0.1, -0.05) is 0 Å². The maximum absolute atomic E-state index is 3.98. The minimum atomic E-state index is 0.444. The summed E-state index contributed by atoms with van der Waals surface area (Å²) in [7, 11) is 0. The fourth-order valence-electron chi connectivity index (χ4n) is 1.37. The van der Waals surface area contributed by atoms with E-state index >= 15 is 0 Å². The van der Waals surface area contributed by atoms with E-state index in [2.05, 4.69) is 10.5 Å². The molecule has 0 aromatic rings. The largest absolute Gasteiger partial charge is 0.304 e. The Hall–Kier alpha value is -0.530. The van der Waals surface area contributed by atoms with E-state index in [0.717, 1.165) is 6.42 Å². The Morgan fingerprint density at radius 2 is 2.38 bits per heavy atom. The van der Waals surface area contributed by atoms with E-state index in [9.17, 15) is 0 Å². The molecule has 1 heterocycles.